The molecule has 1 unspecified atom stereocenters. The summed E-state index contributed by atoms with van der Waals surface area (Å²) < 4.78 is 21.4. The van der Waals surface area contributed by atoms with Crippen LogP contribution in [0.1, 0.15) is 40.0 Å². The van der Waals surface area contributed by atoms with Gasteiger partial charge in [0.05, 0.1) is 0 Å². The second-order valence-electron chi connectivity index (χ2n) is 4.09. The molecular formula is C13H25O5Si. The van der Waals surface area contributed by atoms with E-state index < -0.39 is 15.3 Å². The zero-order valence-corrected chi connectivity index (χ0v) is 13.4. The Kier molecular flexibility index (Phi) is 10.8. The molecule has 111 valence electrons. The van der Waals surface area contributed by atoms with Crippen LogP contribution in [0.4, 0.5) is 0 Å². The monoisotopic (exact) mass is 289 g/mol. The van der Waals surface area contributed by atoms with Gasteiger partial charge in [0.2, 0.25) is 0 Å². The van der Waals surface area contributed by atoms with Crippen molar-refractivity contribution in [3.05, 3.63) is 12.2 Å². The van der Waals surface area contributed by atoms with Gasteiger partial charge in [-0.05, 0) is 20.3 Å². The van der Waals surface area contributed by atoms with E-state index in [0.29, 0.717) is 12.2 Å². The zero-order valence-electron chi connectivity index (χ0n) is 12.4. The van der Waals surface area contributed by atoms with Crippen LogP contribution in [0.3, 0.4) is 0 Å². The summed E-state index contributed by atoms with van der Waals surface area (Å²) in [7, 11) is -0.141. The molecule has 0 saturated carbocycles. The van der Waals surface area contributed by atoms with Crippen molar-refractivity contribution in [2.24, 2.45) is 0 Å². The fraction of sp³-hybridized carbons (Fsp3) is 0.769. The number of carbonyl (C=O) groups is 1. The molecule has 0 heterocycles. The van der Waals surface area contributed by atoms with E-state index in [-0.39, 0.29) is 12.5 Å². The average molecular weight is 289 g/mol. The third-order valence-electron chi connectivity index (χ3n) is 2.37. The van der Waals surface area contributed by atoms with Gasteiger partial charge in [0.15, 0.2) is 0 Å². The highest BCUT2D eigenvalue weighted by Gasteiger charge is 2.31. The standard InChI is InChI=1S/C13H25O5Si/c1-6-8-9-12(18-13(14)11(3)4)19(15-5)17-10-16-7-2/h12H,3,6-10H2,1-2,4-5H3. The van der Waals surface area contributed by atoms with Crippen LogP contribution >= 0.6 is 0 Å². The SMILES string of the molecule is C=C(C)C(=O)OC(CCCC)[Si](OC)OCOCC. The van der Waals surface area contributed by atoms with E-state index in [1.165, 1.54) is 0 Å². The lowest BCUT2D eigenvalue weighted by Crippen LogP contribution is -2.40. The summed E-state index contributed by atoms with van der Waals surface area (Å²) in [6.07, 6.45) is 2.69. The van der Waals surface area contributed by atoms with E-state index in [1.807, 2.05) is 6.92 Å². The summed E-state index contributed by atoms with van der Waals surface area (Å²) in [5.41, 5.74) is 0.0309. The van der Waals surface area contributed by atoms with Gasteiger partial charge in [0.1, 0.15) is 12.5 Å². The van der Waals surface area contributed by atoms with Crippen LogP contribution in [-0.2, 0) is 23.1 Å². The number of unbranched alkanes of at least 4 members (excludes halogenated alkanes) is 1. The molecule has 0 N–H and O–H groups in total. The Morgan fingerprint density at radius 3 is 2.53 bits per heavy atom. The molecule has 0 bridgehead atoms. The normalized spacial score (nSPS) is 12.5. The third-order valence-corrected chi connectivity index (χ3v) is 4.11. The Bertz CT molecular complexity index is 270. The summed E-state index contributed by atoms with van der Waals surface area (Å²) in [5, 5.41) is 0. The summed E-state index contributed by atoms with van der Waals surface area (Å²) in [5.74, 6) is -0.402. The first-order valence-electron chi connectivity index (χ1n) is 6.54. The van der Waals surface area contributed by atoms with E-state index in [2.05, 4.69) is 13.5 Å². The molecule has 1 atom stereocenters. The molecule has 0 aromatic rings. The molecule has 19 heavy (non-hydrogen) atoms. The maximum absolute atomic E-state index is 11.6. The van der Waals surface area contributed by atoms with Gasteiger partial charge in [0.25, 0.3) is 0 Å². The predicted molar refractivity (Wildman–Crippen MR) is 74.6 cm³/mol. The molecule has 6 heteroatoms. The van der Waals surface area contributed by atoms with Gasteiger partial charge < -0.3 is 18.3 Å². The Morgan fingerprint density at radius 1 is 1.37 bits per heavy atom. The molecule has 0 aliphatic carbocycles. The predicted octanol–water partition coefficient (Wildman–Crippen LogP) is 2.35. The molecule has 0 amide bonds. The van der Waals surface area contributed by atoms with Crippen LogP contribution in [0.25, 0.3) is 0 Å². The lowest BCUT2D eigenvalue weighted by atomic mass is 10.2. The summed E-state index contributed by atoms with van der Waals surface area (Å²) >= 11 is 0. The maximum Gasteiger partial charge on any atom is 0.431 e. The molecule has 5 nitrogen and oxygen atoms in total. The minimum atomic E-state index is -1.70. The highest BCUT2D eigenvalue weighted by atomic mass is 28.3. The lowest BCUT2D eigenvalue weighted by Gasteiger charge is -2.23. The van der Waals surface area contributed by atoms with Crippen LogP contribution in [0, 0.1) is 0 Å². The fourth-order valence-electron chi connectivity index (χ4n) is 1.31. The third kappa shape index (κ3) is 8.15. The molecule has 0 spiro atoms. The van der Waals surface area contributed by atoms with Crippen molar-refractivity contribution in [1.82, 2.24) is 0 Å². The van der Waals surface area contributed by atoms with Crippen LogP contribution in [0.5, 0.6) is 0 Å². The van der Waals surface area contributed by atoms with E-state index in [4.69, 9.17) is 18.3 Å². The van der Waals surface area contributed by atoms with Crippen molar-refractivity contribution in [1.29, 1.82) is 0 Å². The minimum Gasteiger partial charge on any atom is -0.457 e. The van der Waals surface area contributed by atoms with Crippen LogP contribution in [0.15, 0.2) is 12.2 Å². The molecule has 0 rings (SSSR count). The lowest BCUT2D eigenvalue weighted by molar-refractivity contribution is -0.142. The van der Waals surface area contributed by atoms with E-state index in [0.717, 1.165) is 19.3 Å². The van der Waals surface area contributed by atoms with Crippen molar-refractivity contribution >= 4 is 15.3 Å². The van der Waals surface area contributed by atoms with Crippen molar-refractivity contribution in [2.75, 3.05) is 20.5 Å². The second-order valence-corrected chi connectivity index (χ2v) is 6.07. The quantitative estimate of drug-likeness (QED) is 0.192. The molecule has 0 fully saturated rings. The topological polar surface area (TPSA) is 54.0 Å². The molecular weight excluding hydrogens is 264 g/mol. The van der Waals surface area contributed by atoms with Gasteiger partial charge in [-0.3, -0.25) is 0 Å². The zero-order chi connectivity index (χ0) is 14.7. The Morgan fingerprint density at radius 2 is 2.05 bits per heavy atom. The molecule has 0 aromatic carbocycles. The second kappa shape index (κ2) is 11.2. The molecule has 0 aliphatic heterocycles. The van der Waals surface area contributed by atoms with Crippen molar-refractivity contribution in [3.63, 3.8) is 0 Å². The van der Waals surface area contributed by atoms with Gasteiger partial charge in [-0.1, -0.05) is 26.3 Å². The number of carbonyl (C=O) groups excluding carboxylic acids is 1. The smallest absolute Gasteiger partial charge is 0.431 e. The average Bonchev–Trinajstić information content (AvgIpc) is 2.39. The Balaban J connectivity index is 4.48. The minimum absolute atomic E-state index is 0.159. The molecule has 0 aliphatic rings. The van der Waals surface area contributed by atoms with Gasteiger partial charge in [-0.15, -0.1) is 0 Å². The van der Waals surface area contributed by atoms with Crippen LogP contribution in [0.2, 0.25) is 0 Å². The Hall–Kier alpha value is -0.693. The van der Waals surface area contributed by atoms with Crippen LogP contribution in [-0.4, -0.2) is 41.5 Å². The van der Waals surface area contributed by atoms with E-state index in [1.54, 1.807) is 14.0 Å². The largest absolute Gasteiger partial charge is 0.457 e. The van der Waals surface area contributed by atoms with Crippen molar-refractivity contribution in [2.45, 2.75) is 45.8 Å². The summed E-state index contributed by atoms with van der Waals surface area (Å²) in [6, 6.07) is 0. The molecule has 1 radical (unpaired) electrons. The molecule has 0 saturated heterocycles. The highest BCUT2D eigenvalue weighted by Crippen LogP contribution is 2.12. The first kappa shape index (κ1) is 18.3. The number of rotatable bonds is 11. The Labute approximate surface area is 117 Å². The van der Waals surface area contributed by atoms with Gasteiger partial charge in [0, 0.05) is 19.3 Å². The van der Waals surface area contributed by atoms with E-state index >= 15 is 0 Å². The van der Waals surface area contributed by atoms with E-state index in [9.17, 15) is 4.79 Å². The first-order valence-corrected chi connectivity index (χ1v) is 7.94. The maximum atomic E-state index is 11.6. The fourth-order valence-corrected chi connectivity index (χ4v) is 2.72. The summed E-state index contributed by atoms with van der Waals surface area (Å²) in [6.45, 7) is 9.90. The van der Waals surface area contributed by atoms with Crippen LogP contribution < -0.4 is 0 Å². The number of hydrogen-bond acceptors (Lipinski definition) is 5. The first-order chi connectivity index (χ1) is 9.06. The van der Waals surface area contributed by atoms with Gasteiger partial charge >= 0.3 is 15.3 Å². The van der Waals surface area contributed by atoms with Crippen molar-refractivity contribution in [3.8, 4) is 0 Å². The molecule has 0 aromatic heterocycles. The number of hydrogen-bond donors (Lipinski definition) is 0. The summed E-state index contributed by atoms with van der Waals surface area (Å²) in [4.78, 5) is 11.6. The van der Waals surface area contributed by atoms with Gasteiger partial charge in [-0.25, -0.2) is 4.79 Å². The number of esters is 1. The highest BCUT2D eigenvalue weighted by molar-refractivity contribution is 6.46. The van der Waals surface area contributed by atoms with Crippen molar-refractivity contribution < 1.29 is 23.1 Å². The number of ether oxygens (including phenoxy) is 2. The van der Waals surface area contributed by atoms with Gasteiger partial charge in [-0.2, -0.15) is 0 Å².